The number of rotatable bonds is 4. The number of hydrogen-bond acceptors (Lipinski definition) is 3. The number of carbonyl (C=O) groups is 1. The highest BCUT2D eigenvalue weighted by Gasteiger charge is 2.34. The predicted molar refractivity (Wildman–Crippen MR) is 71.8 cm³/mol. The molecule has 2 unspecified atom stereocenters. The zero-order valence-electron chi connectivity index (χ0n) is 12.7. The molecule has 2 atom stereocenters. The summed E-state index contributed by atoms with van der Waals surface area (Å²) in [6.07, 6.45) is -5.70. The zero-order valence-corrected chi connectivity index (χ0v) is 12.7. The number of hydrogen-bond donors (Lipinski definition) is 1. The van der Waals surface area contributed by atoms with Crippen molar-refractivity contribution in [3.63, 3.8) is 0 Å². The van der Waals surface area contributed by atoms with E-state index in [2.05, 4.69) is 0 Å². The molecular formula is C14H24F3NO3. The summed E-state index contributed by atoms with van der Waals surface area (Å²) in [5.74, 6) is -0.175. The highest BCUT2D eigenvalue weighted by Crippen LogP contribution is 2.27. The number of aliphatic hydroxyl groups is 1. The second kappa shape index (κ2) is 6.85. The molecule has 21 heavy (non-hydrogen) atoms. The number of likely N-dealkylation sites (tertiary alicyclic amines) is 1. The topological polar surface area (TPSA) is 49.8 Å². The van der Waals surface area contributed by atoms with Gasteiger partial charge in [0.15, 0.2) is 0 Å². The molecule has 0 aromatic rings. The van der Waals surface area contributed by atoms with Crippen LogP contribution in [0.3, 0.4) is 0 Å². The van der Waals surface area contributed by atoms with E-state index >= 15 is 0 Å². The van der Waals surface area contributed by atoms with Gasteiger partial charge in [0.25, 0.3) is 0 Å². The lowest BCUT2D eigenvalue weighted by molar-refractivity contribution is -0.136. The van der Waals surface area contributed by atoms with E-state index in [1.165, 1.54) is 4.90 Å². The van der Waals surface area contributed by atoms with Gasteiger partial charge in [0.1, 0.15) is 5.60 Å². The van der Waals surface area contributed by atoms with Crippen molar-refractivity contribution in [3.8, 4) is 0 Å². The molecule has 4 nitrogen and oxygen atoms in total. The Hall–Kier alpha value is -0.980. The van der Waals surface area contributed by atoms with Crippen molar-refractivity contribution in [3.05, 3.63) is 0 Å². The standard InChI is InChI=1S/C14H24F3NO3/c1-13(2,3)21-12(20)18-8-6-10(9-18)11(19)5-4-7-14(15,16)17/h10-11,19H,4-9H2,1-3H3. The first kappa shape index (κ1) is 18.1. The Morgan fingerprint density at radius 3 is 2.52 bits per heavy atom. The molecule has 0 radical (unpaired) electrons. The number of ether oxygens (including phenoxy) is 1. The van der Waals surface area contributed by atoms with E-state index in [0.717, 1.165) is 0 Å². The first-order valence-corrected chi connectivity index (χ1v) is 7.21. The van der Waals surface area contributed by atoms with E-state index in [-0.39, 0.29) is 18.8 Å². The molecule has 0 aromatic carbocycles. The second-order valence-electron chi connectivity index (χ2n) is 6.55. The fourth-order valence-corrected chi connectivity index (χ4v) is 2.34. The van der Waals surface area contributed by atoms with Crippen LogP contribution in [-0.2, 0) is 4.74 Å². The highest BCUT2D eigenvalue weighted by atomic mass is 19.4. The number of aliphatic hydroxyl groups excluding tert-OH is 1. The highest BCUT2D eigenvalue weighted by molar-refractivity contribution is 5.68. The van der Waals surface area contributed by atoms with Crippen molar-refractivity contribution in [2.75, 3.05) is 13.1 Å². The van der Waals surface area contributed by atoms with Crippen molar-refractivity contribution in [2.24, 2.45) is 5.92 Å². The Morgan fingerprint density at radius 2 is 2.00 bits per heavy atom. The second-order valence-corrected chi connectivity index (χ2v) is 6.55. The van der Waals surface area contributed by atoms with Crippen LogP contribution in [0.4, 0.5) is 18.0 Å². The third kappa shape index (κ3) is 7.02. The largest absolute Gasteiger partial charge is 0.444 e. The Labute approximate surface area is 123 Å². The van der Waals surface area contributed by atoms with Crippen LogP contribution in [0.2, 0.25) is 0 Å². The van der Waals surface area contributed by atoms with Gasteiger partial charge in [0.2, 0.25) is 0 Å². The lowest BCUT2D eigenvalue weighted by atomic mass is 9.97. The van der Waals surface area contributed by atoms with Crippen LogP contribution < -0.4 is 0 Å². The molecule has 1 heterocycles. The van der Waals surface area contributed by atoms with Gasteiger partial charge in [-0.15, -0.1) is 0 Å². The Bertz CT molecular complexity index is 352. The van der Waals surface area contributed by atoms with E-state index in [9.17, 15) is 23.1 Å². The first-order valence-electron chi connectivity index (χ1n) is 7.21. The van der Waals surface area contributed by atoms with Crippen molar-refractivity contribution >= 4 is 6.09 Å². The molecule has 0 spiro atoms. The number of carbonyl (C=O) groups excluding carboxylic acids is 1. The lowest BCUT2D eigenvalue weighted by Crippen LogP contribution is -2.36. The summed E-state index contributed by atoms with van der Waals surface area (Å²) in [6, 6.07) is 0. The molecule has 1 aliphatic rings. The average Bonchev–Trinajstić information content (AvgIpc) is 2.73. The van der Waals surface area contributed by atoms with Crippen LogP contribution in [0.15, 0.2) is 0 Å². The molecule has 0 aliphatic carbocycles. The van der Waals surface area contributed by atoms with Crippen LogP contribution >= 0.6 is 0 Å². The molecule has 7 heteroatoms. The Balaban J connectivity index is 2.35. The quantitative estimate of drug-likeness (QED) is 0.866. The molecule has 1 saturated heterocycles. The van der Waals surface area contributed by atoms with Gasteiger partial charge in [-0.1, -0.05) is 0 Å². The van der Waals surface area contributed by atoms with E-state index < -0.39 is 30.4 Å². The normalized spacial score (nSPS) is 21.5. The van der Waals surface area contributed by atoms with Crippen molar-refractivity contribution < 1.29 is 27.8 Å². The third-order valence-corrected chi connectivity index (χ3v) is 3.38. The SMILES string of the molecule is CC(C)(C)OC(=O)N1CCC(C(O)CCCC(F)(F)F)C1. The maximum absolute atomic E-state index is 12.1. The molecule has 0 bridgehead atoms. The monoisotopic (exact) mass is 311 g/mol. The van der Waals surface area contributed by atoms with Gasteiger partial charge >= 0.3 is 12.3 Å². The van der Waals surface area contributed by atoms with Crippen LogP contribution in [0, 0.1) is 5.92 Å². The van der Waals surface area contributed by atoms with Crippen molar-refractivity contribution in [1.82, 2.24) is 4.90 Å². The zero-order chi connectivity index (χ0) is 16.3. The first-order chi connectivity index (χ1) is 9.48. The minimum absolute atomic E-state index is 0.0897. The van der Waals surface area contributed by atoms with Gasteiger partial charge in [0, 0.05) is 25.4 Å². The van der Waals surface area contributed by atoms with Crippen LogP contribution in [0.1, 0.15) is 46.5 Å². The molecule has 0 saturated carbocycles. The van der Waals surface area contributed by atoms with Crippen molar-refractivity contribution in [1.29, 1.82) is 0 Å². The summed E-state index contributed by atoms with van der Waals surface area (Å²) < 4.78 is 41.4. The summed E-state index contributed by atoms with van der Waals surface area (Å²) in [5.41, 5.74) is -0.583. The van der Waals surface area contributed by atoms with Gasteiger partial charge in [-0.25, -0.2) is 4.79 Å². The molecule has 1 amide bonds. The van der Waals surface area contributed by atoms with Crippen LogP contribution in [0.5, 0.6) is 0 Å². The molecule has 1 aliphatic heterocycles. The summed E-state index contributed by atoms with van der Waals surface area (Å²) in [5, 5.41) is 9.93. The van der Waals surface area contributed by atoms with Crippen LogP contribution in [-0.4, -0.2) is 47.1 Å². The van der Waals surface area contributed by atoms with Crippen LogP contribution in [0.25, 0.3) is 0 Å². The maximum Gasteiger partial charge on any atom is 0.410 e. The van der Waals surface area contributed by atoms with E-state index in [1.807, 2.05) is 0 Å². The molecule has 0 aromatic heterocycles. The summed E-state index contributed by atoms with van der Waals surface area (Å²) in [6.45, 7) is 6.11. The predicted octanol–water partition coefficient (Wildman–Crippen LogP) is 3.34. The smallest absolute Gasteiger partial charge is 0.410 e. The van der Waals surface area contributed by atoms with Gasteiger partial charge in [-0.2, -0.15) is 13.2 Å². The number of nitrogens with zero attached hydrogens (tertiary/aromatic N) is 1. The average molecular weight is 311 g/mol. The molecule has 1 fully saturated rings. The fraction of sp³-hybridized carbons (Fsp3) is 0.929. The molecule has 1 N–H and O–H groups in total. The van der Waals surface area contributed by atoms with Gasteiger partial charge in [0.05, 0.1) is 6.10 Å². The molecule has 1 rings (SSSR count). The fourth-order valence-electron chi connectivity index (χ4n) is 2.34. The van der Waals surface area contributed by atoms with Gasteiger partial charge < -0.3 is 14.7 Å². The number of halogens is 3. The molecular weight excluding hydrogens is 287 g/mol. The lowest BCUT2D eigenvalue weighted by Gasteiger charge is -2.25. The van der Waals surface area contributed by atoms with E-state index in [4.69, 9.17) is 4.74 Å². The summed E-state index contributed by atoms with van der Waals surface area (Å²) in [7, 11) is 0. The Kier molecular flexibility index (Phi) is 5.90. The third-order valence-electron chi connectivity index (χ3n) is 3.38. The van der Waals surface area contributed by atoms with E-state index in [0.29, 0.717) is 19.5 Å². The summed E-state index contributed by atoms with van der Waals surface area (Å²) >= 11 is 0. The number of amides is 1. The van der Waals surface area contributed by atoms with E-state index in [1.54, 1.807) is 20.8 Å². The number of alkyl halides is 3. The van der Waals surface area contributed by atoms with Crippen molar-refractivity contribution in [2.45, 2.75) is 64.3 Å². The minimum atomic E-state index is -4.18. The minimum Gasteiger partial charge on any atom is -0.444 e. The van der Waals surface area contributed by atoms with Gasteiger partial charge in [-0.05, 0) is 40.0 Å². The summed E-state index contributed by atoms with van der Waals surface area (Å²) in [4.78, 5) is 13.4. The maximum atomic E-state index is 12.1. The Morgan fingerprint density at radius 1 is 1.38 bits per heavy atom. The molecule has 124 valence electrons. The van der Waals surface area contributed by atoms with Gasteiger partial charge in [-0.3, -0.25) is 0 Å².